The lowest BCUT2D eigenvalue weighted by atomic mass is 10.1. The monoisotopic (exact) mass is 387 g/mol. The Labute approximate surface area is 168 Å². The standard InChI is InChI=1S/C21H21N7O/c1-16-24-25-26-28(16)14-17-8-10-19(11-9-17)21(29)23-20(15-27-13-5-12-22-27)18-6-3-2-4-7-18/h2-13,20H,14-15H2,1H3,(H,23,29)/t20-/m0/s1. The molecule has 0 aliphatic heterocycles. The summed E-state index contributed by atoms with van der Waals surface area (Å²) in [5.41, 5.74) is 2.65. The van der Waals surface area contributed by atoms with Crippen molar-refractivity contribution in [3.05, 3.63) is 95.6 Å². The van der Waals surface area contributed by atoms with Crippen molar-refractivity contribution >= 4 is 5.91 Å². The van der Waals surface area contributed by atoms with E-state index in [1.807, 2.05) is 78.5 Å². The summed E-state index contributed by atoms with van der Waals surface area (Å²) in [6, 6.07) is 19.1. The molecule has 2 aromatic heterocycles. The Morgan fingerprint density at radius 2 is 1.86 bits per heavy atom. The molecule has 0 aliphatic carbocycles. The van der Waals surface area contributed by atoms with Gasteiger partial charge in [-0.05, 0) is 46.7 Å². The Balaban J connectivity index is 1.47. The van der Waals surface area contributed by atoms with Gasteiger partial charge in [-0.15, -0.1) is 5.10 Å². The average Bonchev–Trinajstić information content (AvgIpc) is 3.41. The minimum Gasteiger partial charge on any atom is -0.343 e. The van der Waals surface area contributed by atoms with Crippen LogP contribution in [0.25, 0.3) is 0 Å². The molecule has 29 heavy (non-hydrogen) atoms. The topological polar surface area (TPSA) is 90.5 Å². The number of rotatable bonds is 7. The van der Waals surface area contributed by atoms with Crippen molar-refractivity contribution < 1.29 is 4.79 Å². The quantitative estimate of drug-likeness (QED) is 0.526. The highest BCUT2D eigenvalue weighted by molar-refractivity contribution is 5.94. The lowest BCUT2D eigenvalue weighted by molar-refractivity contribution is 0.0932. The first kappa shape index (κ1) is 18.5. The maximum atomic E-state index is 12.9. The second kappa shape index (κ2) is 8.47. The fraction of sp³-hybridized carbons (Fsp3) is 0.190. The van der Waals surface area contributed by atoms with Gasteiger partial charge in [0.15, 0.2) is 0 Å². The van der Waals surface area contributed by atoms with Crippen molar-refractivity contribution in [1.82, 2.24) is 35.3 Å². The Morgan fingerprint density at radius 1 is 1.07 bits per heavy atom. The molecular weight excluding hydrogens is 366 g/mol. The van der Waals surface area contributed by atoms with E-state index in [0.29, 0.717) is 18.7 Å². The molecule has 8 nitrogen and oxygen atoms in total. The van der Waals surface area contributed by atoms with Crippen LogP contribution >= 0.6 is 0 Å². The summed E-state index contributed by atoms with van der Waals surface area (Å²) < 4.78 is 3.53. The highest BCUT2D eigenvalue weighted by Gasteiger charge is 2.16. The van der Waals surface area contributed by atoms with Gasteiger partial charge in [0.05, 0.1) is 19.1 Å². The minimum absolute atomic E-state index is 0.129. The van der Waals surface area contributed by atoms with Crippen molar-refractivity contribution in [2.24, 2.45) is 0 Å². The van der Waals surface area contributed by atoms with E-state index in [4.69, 9.17) is 0 Å². The second-order valence-corrected chi connectivity index (χ2v) is 6.75. The van der Waals surface area contributed by atoms with Gasteiger partial charge < -0.3 is 5.32 Å². The fourth-order valence-corrected chi connectivity index (χ4v) is 3.09. The third-order valence-corrected chi connectivity index (χ3v) is 4.70. The largest absolute Gasteiger partial charge is 0.343 e. The molecule has 0 spiro atoms. The fourth-order valence-electron chi connectivity index (χ4n) is 3.09. The maximum absolute atomic E-state index is 12.9. The number of hydrogen-bond acceptors (Lipinski definition) is 5. The number of nitrogens with zero attached hydrogens (tertiary/aromatic N) is 6. The minimum atomic E-state index is -0.188. The molecule has 0 aliphatic rings. The van der Waals surface area contributed by atoms with Crippen LogP contribution in [0.5, 0.6) is 0 Å². The molecule has 2 aromatic carbocycles. The summed E-state index contributed by atoms with van der Waals surface area (Å²) in [7, 11) is 0. The van der Waals surface area contributed by atoms with Crippen LogP contribution in [0.3, 0.4) is 0 Å². The number of benzene rings is 2. The summed E-state index contributed by atoms with van der Waals surface area (Å²) in [5, 5.41) is 18.9. The third-order valence-electron chi connectivity index (χ3n) is 4.70. The molecule has 146 valence electrons. The third kappa shape index (κ3) is 4.55. The van der Waals surface area contributed by atoms with Gasteiger partial charge in [0, 0.05) is 18.0 Å². The number of nitrogens with one attached hydrogen (secondary N) is 1. The van der Waals surface area contributed by atoms with Crippen LogP contribution in [0.15, 0.2) is 73.1 Å². The molecule has 4 aromatic rings. The molecule has 0 saturated carbocycles. The van der Waals surface area contributed by atoms with Crippen molar-refractivity contribution in [1.29, 1.82) is 0 Å². The number of carbonyl (C=O) groups excluding carboxylic acids is 1. The van der Waals surface area contributed by atoms with Gasteiger partial charge in [-0.25, -0.2) is 4.68 Å². The highest BCUT2D eigenvalue weighted by atomic mass is 16.1. The Hall–Kier alpha value is -3.81. The van der Waals surface area contributed by atoms with Crippen molar-refractivity contribution in [2.75, 3.05) is 0 Å². The van der Waals surface area contributed by atoms with Crippen LogP contribution < -0.4 is 5.32 Å². The zero-order valence-electron chi connectivity index (χ0n) is 16.0. The summed E-state index contributed by atoms with van der Waals surface area (Å²) in [6.45, 7) is 2.97. The predicted molar refractivity (Wildman–Crippen MR) is 107 cm³/mol. The summed E-state index contributed by atoms with van der Waals surface area (Å²) in [6.07, 6.45) is 3.62. The molecule has 0 fully saturated rings. The number of amides is 1. The first-order chi connectivity index (χ1) is 14.2. The first-order valence-corrected chi connectivity index (χ1v) is 9.34. The lowest BCUT2D eigenvalue weighted by Crippen LogP contribution is -2.31. The predicted octanol–water partition coefficient (Wildman–Crippen LogP) is 2.40. The average molecular weight is 387 g/mol. The van der Waals surface area contributed by atoms with E-state index in [0.717, 1.165) is 17.0 Å². The Bertz CT molecular complexity index is 1060. The first-order valence-electron chi connectivity index (χ1n) is 9.34. The molecule has 8 heteroatoms. The maximum Gasteiger partial charge on any atom is 0.251 e. The molecule has 0 radical (unpaired) electrons. The van der Waals surface area contributed by atoms with Crippen molar-refractivity contribution in [2.45, 2.75) is 26.1 Å². The van der Waals surface area contributed by atoms with Gasteiger partial charge in [-0.2, -0.15) is 5.10 Å². The van der Waals surface area contributed by atoms with E-state index in [9.17, 15) is 4.79 Å². The van der Waals surface area contributed by atoms with Crippen LogP contribution in [-0.2, 0) is 13.1 Å². The normalized spacial score (nSPS) is 11.9. The van der Waals surface area contributed by atoms with Gasteiger partial charge in [0.25, 0.3) is 5.91 Å². The van der Waals surface area contributed by atoms with Gasteiger partial charge >= 0.3 is 0 Å². The van der Waals surface area contributed by atoms with Crippen LogP contribution in [0.1, 0.15) is 33.4 Å². The Kier molecular flexibility index (Phi) is 5.42. The lowest BCUT2D eigenvalue weighted by Gasteiger charge is -2.19. The van der Waals surface area contributed by atoms with Gasteiger partial charge in [-0.1, -0.05) is 42.5 Å². The van der Waals surface area contributed by atoms with E-state index in [2.05, 4.69) is 25.9 Å². The van der Waals surface area contributed by atoms with Crippen LogP contribution in [0, 0.1) is 6.92 Å². The molecule has 2 heterocycles. The smallest absolute Gasteiger partial charge is 0.251 e. The van der Waals surface area contributed by atoms with Crippen molar-refractivity contribution in [3.8, 4) is 0 Å². The SMILES string of the molecule is Cc1nnnn1Cc1ccc(C(=O)N[C@@H](Cn2cccn2)c2ccccc2)cc1. The molecule has 4 rings (SSSR count). The molecule has 0 bridgehead atoms. The van der Waals surface area contributed by atoms with Gasteiger partial charge in [-0.3, -0.25) is 9.48 Å². The zero-order valence-corrected chi connectivity index (χ0v) is 16.0. The van der Waals surface area contributed by atoms with E-state index in [-0.39, 0.29) is 11.9 Å². The van der Waals surface area contributed by atoms with E-state index < -0.39 is 0 Å². The van der Waals surface area contributed by atoms with Crippen LogP contribution in [0.2, 0.25) is 0 Å². The molecule has 0 saturated heterocycles. The van der Waals surface area contributed by atoms with Crippen LogP contribution in [-0.4, -0.2) is 35.9 Å². The van der Waals surface area contributed by atoms with E-state index in [1.165, 1.54) is 0 Å². The number of tetrazole rings is 1. The molecule has 0 unspecified atom stereocenters. The van der Waals surface area contributed by atoms with E-state index >= 15 is 0 Å². The van der Waals surface area contributed by atoms with Gasteiger partial charge in [0.1, 0.15) is 5.82 Å². The van der Waals surface area contributed by atoms with E-state index in [1.54, 1.807) is 10.9 Å². The molecule has 1 N–H and O–H groups in total. The van der Waals surface area contributed by atoms with Gasteiger partial charge in [0.2, 0.25) is 0 Å². The molecule has 1 atom stereocenters. The van der Waals surface area contributed by atoms with Crippen LogP contribution in [0.4, 0.5) is 0 Å². The van der Waals surface area contributed by atoms with Crippen molar-refractivity contribution in [3.63, 3.8) is 0 Å². The number of hydrogen-bond donors (Lipinski definition) is 1. The summed E-state index contributed by atoms with van der Waals surface area (Å²) in [4.78, 5) is 12.9. The Morgan fingerprint density at radius 3 is 2.52 bits per heavy atom. The zero-order chi connectivity index (χ0) is 20.1. The number of aryl methyl sites for hydroxylation is 1. The second-order valence-electron chi connectivity index (χ2n) is 6.75. The summed E-state index contributed by atoms with van der Waals surface area (Å²) in [5.74, 6) is 0.618. The number of carbonyl (C=O) groups is 1. The molecule has 1 amide bonds. The highest BCUT2D eigenvalue weighted by Crippen LogP contribution is 2.16. The summed E-state index contributed by atoms with van der Waals surface area (Å²) >= 11 is 0. The molecular formula is C21H21N7O. The number of aromatic nitrogens is 6.